The van der Waals surface area contributed by atoms with Crippen molar-refractivity contribution in [2.24, 2.45) is 18.9 Å². The number of ether oxygens (including phenoxy) is 1. The van der Waals surface area contributed by atoms with Crippen molar-refractivity contribution in [3.8, 4) is 17.1 Å². The van der Waals surface area contributed by atoms with Gasteiger partial charge in [0.2, 0.25) is 5.91 Å². The standard InChI is InChI=1S/C19H26N4O2S/c1-13-9-14(2)11-23(10-13)17(24)12-26-19-21-20-18(22(19)3)15-7-5-6-8-16(15)25-4/h5-8,13-14H,9-12H2,1-4H3/t13-,14+. The van der Waals surface area contributed by atoms with E-state index in [0.29, 0.717) is 17.6 Å². The molecule has 2 aromatic rings. The number of thioether (sulfide) groups is 1. The first-order valence-corrected chi connectivity index (χ1v) is 9.91. The summed E-state index contributed by atoms with van der Waals surface area (Å²) in [7, 11) is 3.56. The molecule has 1 saturated heterocycles. The van der Waals surface area contributed by atoms with Gasteiger partial charge in [0.15, 0.2) is 11.0 Å². The van der Waals surface area contributed by atoms with E-state index in [1.807, 2.05) is 40.8 Å². The number of amides is 1. The molecule has 2 atom stereocenters. The summed E-state index contributed by atoms with van der Waals surface area (Å²) < 4.78 is 7.33. The van der Waals surface area contributed by atoms with Crippen LogP contribution in [0.5, 0.6) is 5.75 Å². The van der Waals surface area contributed by atoms with Gasteiger partial charge in [-0.3, -0.25) is 4.79 Å². The van der Waals surface area contributed by atoms with Crippen LogP contribution < -0.4 is 4.74 Å². The Morgan fingerprint density at radius 3 is 2.62 bits per heavy atom. The second-order valence-corrected chi connectivity index (χ2v) is 8.04. The molecule has 6 nitrogen and oxygen atoms in total. The number of methoxy groups -OCH3 is 1. The van der Waals surface area contributed by atoms with E-state index < -0.39 is 0 Å². The van der Waals surface area contributed by atoms with Crippen molar-refractivity contribution in [3.63, 3.8) is 0 Å². The summed E-state index contributed by atoms with van der Waals surface area (Å²) in [4.78, 5) is 14.6. The molecule has 0 saturated carbocycles. The molecule has 3 rings (SSSR count). The lowest BCUT2D eigenvalue weighted by Gasteiger charge is -2.34. The maximum absolute atomic E-state index is 12.6. The monoisotopic (exact) mass is 374 g/mol. The van der Waals surface area contributed by atoms with Crippen LogP contribution in [-0.2, 0) is 11.8 Å². The van der Waals surface area contributed by atoms with Gasteiger partial charge in [-0.05, 0) is 30.4 Å². The van der Waals surface area contributed by atoms with E-state index in [-0.39, 0.29) is 5.91 Å². The first kappa shape index (κ1) is 18.8. The Bertz CT molecular complexity index is 767. The van der Waals surface area contributed by atoms with E-state index in [4.69, 9.17) is 4.74 Å². The third-order valence-corrected chi connectivity index (χ3v) is 5.73. The van der Waals surface area contributed by atoms with Gasteiger partial charge in [-0.25, -0.2) is 0 Å². The lowest BCUT2D eigenvalue weighted by molar-refractivity contribution is -0.130. The summed E-state index contributed by atoms with van der Waals surface area (Å²) in [5, 5.41) is 9.29. The molecule has 7 heteroatoms. The maximum atomic E-state index is 12.6. The Labute approximate surface area is 158 Å². The molecule has 1 aliphatic rings. The van der Waals surface area contributed by atoms with Crippen molar-refractivity contribution in [3.05, 3.63) is 24.3 Å². The third kappa shape index (κ3) is 4.03. The van der Waals surface area contributed by atoms with Crippen LogP contribution in [-0.4, -0.2) is 51.5 Å². The van der Waals surface area contributed by atoms with E-state index in [9.17, 15) is 4.79 Å². The molecular formula is C19H26N4O2S. The predicted octanol–water partition coefficient (Wildman–Crippen LogP) is 3.09. The van der Waals surface area contributed by atoms with Gasteiger partial charge in [0, 0.05) is 20.1 Å². The molecule has 1 amide bonds. The molecule has 2 heterocycles. The number of benzene rings is 1. The summed E-state index contributed by atoms with van der Waals surface area (Å²) in [5.41, 5.74) is 0.891. The summed E-state index contributed by atoms with van der Waals surface area (Å²) >= 11 is 1.44. The zero-order valence-electron chi connectivity index (χ0n) is 15.8. The highest BCUT2D eigenvalue weighted by molar-refractivity contribution is 7.99. The molecule has 140 valence electrons. The van der Waals surface area contributed by atoms with E-state index in [1.165, 1.54) is 18.2 Å². The SMILES string of the molecule is COc1ccccc1-c1nnc(SCC(=O)N2C[C@H](C)C[C@H](C)C2)n1C. The molecule has 0 unspecified atom stereocenters. The molecule has 1 aliphatic heterocycles. The largest absolute Gasteiger partial charge is 0.496 e. The summed E-state index contributed by atoms with van der Waals surface area (Å²) in [6.45, 7) is 6.14. The Morgan fingerprint density at radius 1 is 1.23 bits per heavy atom. The smallest absolute Gasteiger partial charge is 0.233 e. The van der Waals surface area contributed by atoms with E-state index in [0.717, 1.165) is 35.4 Å². The lowest BCUT2D eigenvalue weighted by atomic mass is 9.92. The average molecular weight is 375 g/mol. The van der Waals surface area contributed by atoms with Crippen molar-refractivity contribution >= 4 is 17.7 Å². The van der Waals surface area contributed by atoms with E-state index >= 15 is 0 Å². The van der Waals surface area contributed by atoms with Crippen LogP contribution in [0.3, 0.4) is 0 Å². The van der Waals surface area contributed by atoms with Crippen molar-refractivity contribution in [1.82, 2.24) is 19.7 Å². The van der Waals surface area contributed by atoms with E-state index in [1.54, 1.807) is 7.11 Å². The second-order valence-electron chi connectivity index (χ2n) is 7.10. The average Bonchev–Trinajstić information content (AvgIpc) is 2.99. The zero-order valence-corrected chi connectivity index (χ0v) is 16.6. The van der Waals surface area contributed by atoms with Gasteiger partial charge >= 0.3 is 0 Å². The molecule has 1 aromatic carbocycles. The molecule has 0 aliphatic carbocycles. The van der Waals surface area contributed by atoms with Crippen LogP contribution in [0.25, 0.3) is 11.4 Å². The lowest BCUT2D eigenvalue weighted by Crippen LogP contribution is -2.43. The molecule has 0 N–H and O–H groups in total. The highest BCUT2D eigenvalue weighted by Crippen LogP contribution is 2.30. The number of nitrogens with zero attached hydrogens (tertiary/aromatic N) is 4. The number of likely N-dealkylation sites (tertiary alicyclic amines) is 1. The van der Waals surface area contributed by atoms with Gasteiger partial charge in [0.05, 0.1) is 18.4 Å². The topological polar surface area (TPSA) is 60.3 Å². The van der Waals surface area contributed by atoms with Crippen molar-refractivity contribution in [2.45, 2.75) is 25.4 Å². The second kappa shape index (κ2) is 8.12. The fraction of sp³-hybridized carbons (Fsp3) is 0.526. The molecule has 0 spiro atoms. The van der Waals surface area contributed by atoms with Crippen LogP contribution in [0.15, 0.2) is 29.4 Å². The Hall–Kier alpha value is -2.02. The highest BCUT2D eigenvalue weighted by atomic mass is 32.2. The predicted molar refractivity (Wildman–Crippen MR) is 103 cm³/mol. The Balaban J connectivity index is 1.68. The van der Waals surface area contributed by atoms with E-state index in [2.05, 4.69) is 24.0 Å². The number of aromatic nitrogens is 3. The minimum Gasteiger partial charge on any atom is -0.496 e. The maximum Gasteiger partial charge on any atom is 0.233 e. The van der Waals surface area contributed by atoms with Gasteiger partial charge in [0.25, 0.3) is 0 Å². The van der Waals surface area contributed by atoms with Crippen LogP contribution in [0.1, 0.15) is 20.3 Å². The van der Waals surface area contributed by atoms with Crippen molar-refractivity contribution in [1.29, 1.82) is 0 Å². The minimum atomic E-state index is 0.176. The van der Waals surface area contributed by atoms with Gasteiger partial charge in [-0.15, -0.1) is 10.2 Å². The summed E-state index contributed by atoms with van der Waals surface area (Å²) in [5.74, 6) is 3.19. The highest BCUT2D eigenvalue weighted by Gasteiger charge is 2.25. The molecule has 0 bridgehead atoms. The van der Waals surface area contributed by atoms with Crippen molar-refractivity contribution < 1.29 is 9.53 Å². The number of piperidine rings is 1. The van der Waals surface area contributed by atoms with Crippen molar-refractivity contribution in [2.75, 3.05) is 26.0 Å². The van der Waals surface area contributed by atoms with Crippen LogP contribution in [0, 0.1) is 11.8 Å². The molecular weight excluding hydrogens is 348 g/mol. The Morgan fingerprint density at radius 2 is 1.92 bits per heavy atom. The quantitative estimate of drug-likeness (QED) is 0.753. The molecule has 1 aromatic heterocycles. The van der Waals surface area contributed by atoms with Gasteiger partial charge < -0.3 is 14.2 Å². The van der Waals surface area contributed by atoms with Gasteiger partial charge in [0.1, 0.15) is 5.75 Å². The van der Waals surface area contributed by atoms with Gasteiger partial charge in [-0.2, -0.15) is 0 Å². The third-order valence-electron chi connectivity index (χ3n) is 4.73. The molecule has 1 fully saturated rings. The Kier molecular flexibility index (Phi) is 5.86. The first-order chi connectivity index (χ1) is 12.5. The number of carbonyl (C=O) groups is 1. The van der Waals surface area contributed by atoms with Crippen LogP contribution >= 0.6 is 11.8 Å². The molecule has 26 heavy (non-hydrogen) atoms. The number of carbonyl (C=O) groups excluding carboxylic acids is 1. The number of hydrogen-bond donors (Lipinski definition) is 0. The number of hydrogen-bond acceptors (Lipinski definition) is 5. The normalized spacial score (nSPS) is 20.2. The minimum absolute atomic E-state index is 0.176. The first-order valence-electron chi connectivity index (χ1n) is 8.93. The fourth-order valence-electron chi connectivity index (χ4n) is 3.59. The number of para-hydroxylation sites is 1. The van der Waals surface area contributed by atoms with Crippen LogP contribution in [0.4, 0.5) is 0 Å². The summed E-state index contributed by atoms with van der Waals surface area (Å²) in [6, 6.07) is 7.73. The van der Waals surface area contributed by atoms with Gasteiger partial charge in [-0.1, -0.05) is 37.7 Å². The summed E-state index contributed by atoms with van der Waals surface area (Å²) in [6.07, 6.45) is 1.20. The zero-order chi connectivity index (χ0) is 18.7. The number of rotatable bonds is 5. The molecule has 0 radical (unpaired) electrons. The van der Waals surface area contributed by atoms with Crippen LogP contribution in [0.2, 0.25) is 0 Å². The fourth-order valence-corrected chi connectivity index (χ4v) is 4.40.